The predicted molar refractivity (Wildman–Crippen MR) is 120 cm³/mol. The lowest BCUT2D eigenvalue weighted by Gasteiger charge is -2.32. The van der Waals surface area contributed by atoms with E-state index in [0.717, 1.165) is 55.3 Å². The molecule has 0 aliphatic carbocycles. The van der Waals surface area contributed by atoms with Gasteiger partial charge in [-0.05, 0) is 25.0 Å². The molecule has 3 heterocycles. The standard InChI is InChI=1S/C25H33NO6/c27-12-13-29-14-15-30-24-17-19(21-18-31-22-9-5-4-8-20(21)22)16-23(32-24)25(28)26-10-6-2-1-3-7-11-26/h4-5,8-9,16,18-19,24,27H,1-3,6-7,10-15,17H2. The van der Waals surface area contributed by atoms with Crippen molar-refractivity contribution in [2.75, 3.05) is 39.5 Å². The van der Waals surface area contributed by atoms with Crippen LogP contribution in [0.4, 0.5) is 0 Å². The van der Waals surface area contributed by atoms with E-state index in [4.69, 9.17) is 23.7 Å². The number of carbonyl (C=O) groups is 1. The summed E-state index contributed by atoms with van der Waals surface area (Å²) in [6.45, 7) is 2.47. The molecule has 2 aromatic rings. The first kappa shape index (κ1) is 22.8. The van der Waals surface area contributed by atoms with Crippen molar-refractivity contribution < 1.29 is 28.5 Å². The number of fused-ring (bicyclic) bond motifs is 1. The quantitative estimate of drug-likeness (QED) is 0.622. The van der Waals surface area contributed by atoms with Gasteiger partial charge in [0.15, 0.2) is 5.76 Å². The molecule has 0 bridgehead atoms. The van der Waals surface area contributed by atoms with E-state index in [1.54, 1.807) is 6.26 Å². The molecular formula is C25H33NO6. The Bertz CT molecular complexity index is 899. The Morgan fingerprint density at radius 2 is 1.84 bits per heavy atom. The molecule has 2 aliphatic rings. The number of hydrogen-bond acceptors (Lipinski definition) is 6. The maximum absolute atomic E-state index is 13.4. The average molecular weight is 444 g/mol. The van der Waals surface area contributed by atoms with Gasteiger partial charge in [0.05, 0.1) is 32.7 Å². The molecule has 1 fully saturated rings. The van der Waals surface area contributed by atoms with E-state index in [0.29, 0.717) is 25.4 Å². The van der Waals surface area contributed by atoms with Crippen molar-refractivity contribution in [2.24, 2.45) is 0 Å². The third-order valence-corrected chi connectivity index (χ3v) is 6.09. The summed E-state index contributed by atoms with van der Waals surface area (Å²) in [6, 6.07) is 7.92. The number of ether oxygens (including phenoxy) is 3. The van der Waals surface area contributed by atoms with Crippen LogP contribution in [0.3, 0.4) is 0 Å². The highest BCUT2D eigenvalue weighted by Gasteiger charge is 2.32. The number of rotatable bonds is 8. The molecule has 1 saturated heterocycles. The van der Waals surface area contributed by atoms with Gasteiger partial charge in [-0.15, -0.1) is 0 Å². The molecular weight excluding hydrogens is 410 g/mol. The van der Waals surface area contributed by atoms with Crippen molar-refractivity contribution in [1.29, 1.82) is 0 Å². The minimum absolute atomic E-state index is 0.0210. The van der Waals surface area contributed by atoms with Gasteiger partial charge in [0.1, 0.15) is 5.58 Å². The molecule has 2 aliphatic heterocycles. The van der Waals surface area contributed by atoms with Crippen molar-refractivity contribution in [3.05, 3.63) is 47.9 Å². The second-order valence-electron chi connectivity index (χ2n) is 8.37. The number of aliphatic hydroxyl groups is 1. The van der Waals surface area contributed by atoms with E-state index in [-0.39, 0.29) is 25.0 Å². The van der Waals surface area contributed by atoms with Crippen LogP contribution in [0.2, 0.25) is 0 Å². The van der Waals surface area contributed by atoms with E-state index < -0.39 is 6.29 Å². The van der Waals surface area contributed by atoms with Gasteiger partial charge in [-0.25, -0.2) is 0 Å². The van der Waals surface area contributed by atoms with Crippen molar-refractivity contribution in [3.8, 4) is 0 Å². The van der Waals surface area contributed by atoms with E-state index in [1.165, 1.54) is 6.42 Å². The number of furan rings is 1. The summed E-state index contributed by atoms with van der Waals surface area (Å²) < 4.78 is 23.0. The summed E-state index contributed by atoms with van der Waals surface area (Å²) in [5.41, 5.74) is 1.86. The van der Waals surface area contributed by atoms with Crippen LogP contribution >= 0.6 is 0 Å². The van der Waals surface area contributed by atoms with Gasteiger partial charge in [0.25, 0.3) is 5.91 Å². The zero-order valence-corrected chi connectivity index (χ0v) is 18.5. The Morgan fingerprint density at radius 3 is 2.66 bits per heavy atom. The minimum Gasteiger partial charge on any atom is -0.464 e. The SMILES string of the molecule is O=C(C1=CC(c2coc3ccccc23)CC(OCCOCCO)O1)N1CCCCCCC1. The van der Waals surface area contributed by atoms with Gasteiger partial charge in [0, 0.05) is 36.4 Å². The molecule has 7 nitrogen and oxygen atoms in total. The van der Waals surface area contributed by atoms with Crippen LogP contribution in [0.5, 0.6) is 0 Å². The van der Waals surface area contributed by atoms with Gasteiger partial charge in [-0.1, -0.05) is 37.5 Å². The van der Waals surface area contributed by atoms with Crippen LogP contribution in [0.15, 0.2) is 46.8 Å². The number of likely N-dealkylation sites (tertiary alicyclic amines) is 1. The lowest BCUT2D eigenvalue weighted by molar-refractivity contribution is -0.156. The molecule has 0 saturated carbocycles. The van der Waals surface area contributed by atoms with E-state index in [9.17, 15) is 4.79 Å². The van der Waals surface area contributed by atoms with E-state index >= 15 is 0 Å². The third kappa shape index (κ3) is 5.71. The summed E-state index contributed by atoms with van der Waals surface area (Å²) >= 11 is 0. The van der Waals surface area contributed by atoms with Gasteiger partial charge >= 0.3 is 0 Å². The first-order valence-electron chi connectivity index (χ1n) is 11.7. The zero-order chi connectivity index (χ0) is 22.2. The van der Waals surface area contributed by atoms with Gasteiger partial charge < -0.3 is 28.6 Å². The summed E-state index contributed by atoms with van der Waals surface area (Å²) in [5.74, 6) is 0.243. The first-order valence-corrected chi connectivity index (χ1v) is 11.7. The van der Waals surface area contributed by atoms with Crippen LogP contribution in [0.1, 0.15) is 50.0 Å². The number of para-hydroxylation sites is 1. The number of benzene rings is 1. The topological polar surface area (TPSA) is 81.4 Å². The van der Waals surface area contributed by atoms with Crippen molar-refractivity contribution >= 4 is 16.9 Å². The lowest BCUT2D eigenvalue weighted by atomic mass is 9.92. The molecule has 2 unspecified atom stereocenters. The normalized spacial score (nSPS) is 22.2. The fourth-order valence-corrected chi connectivity index (χ4v) is 4.42. The van der Waals surface area contributed by atoms with Crippen LogP contribution < -0.4 is 0 Å². The number of carbonyl (C=O) groups excluding carboxylic acids is 1. The van der Waals surface area contributed by atoms with Gasteiger partial charge in [-0.2, -0.15) is 0 Å². The molecule has 0 radical (unpaired) electrons. The third-order valence-electron chi connectivity index (χ3n) is 6.09. The molecule has 32 heavy (non-hydrogen) atoms. The molecule has 174 valence electrons. The maximum atomic E-state index is 13.4. The van der Waals surface area contributed by atoms with Crippen molar-refractivity contribution in [1.82, 2.24) is 4.90 Å². The molecule has 7 heteroatoms. The van der Waals surface area contributed by atoms with E-state index in [2.05, 4.69) is 0 Å². The van der Waals surface area contributed by atoms with Crippen LogP contribution in [-0.2, 0) is 19.0 Å². The highest BCUT2D eigenvalue weighted by atomic mass is 16.7. The van der Waals surface area contributed by atoms with E-state index in [1.807, 2.05) is 35.2 Å². The van der Waals surface area contributed by atoms with Crippen LogP contribution in [0.25, 0.3) is 11.0 Å². The molecule has 4 rings (SSSR count). The Kier molecular flexibility index (Phi) is 8.20. The smallest absolute Gasteiger partial charge is 0.288 e. The highest BCUT2D eigenvalue weighted by Crippen LogP contribution is 2.36. The second-order valence-corrected chi connectivity index (χ2v) is 8.37. The van der Waals surface area contributed by atoms with Gasteiger partial charge in [0.2, 0.25) is 6.29 Å². The number of nitrogens with zero attached hydrogens (tertiary/aromatic N) is 1. The molecule has 1 aromatic heterocycles. The molecule has 1 aromatic carbocycles. The number of hydrogen-bond donors (Lipinski definition) is 1. The first-order chi connectivity index (χ1) is 15.8. The molecule has 1 amide bonds. The molecule has 0 spiro atoms. The Labute approximate surface area is 188 Å². The van der Waals surface area contributed by atoms with Crippen LogP contribution in [-0.4, -0.2) is 61.7 Å². The molecule has 2 atom stereocenters. The minimum atomic E-state index is -0.551. The monoisotopic (exact) mass is 443 g/mol. The number of aliphatic hydroxyl groups excluding tert-OH is 1. The average Bonchev–Trinajstić information content (AvgIpc) is 3.22. The Balaban J connectivity index is 1.52. The summed E-state index contributed by atoms with van der Waals surface area (Å²) in [7, 11) is 0. The number of amides is 1. The fraction of sp³-hybridized carbons (Fsp3) is 0.560. The highest BCUT2D eigenvalue weighted by molar-refractivity contribution is 5.92. The predicted octanol–water partition coefficient (Wildman–Crippen LogP) is 3.96. The van der Waals surface area contributed by atoms with Crippen LogP contribution in [0, 0.1) is 0 Å². The summed E-state index contributed by atoms with van der Waals surface area (Å²) in [6.07, 6.45) is 9.35. The lowest BCUT2D eigenvalue weighted by Crippen LogP contribution is -2.38. The summed E-state index contributed by atoms with van der Waals surface area (Å²) in [5, 5.41) is 9.89. The summed E-state index contributed by atoms with van der Waals surface area (Å²) in [4.78, 5) is 15.3. The maximum Gasteiger partial charge on any atom is 0.288 e. The van der Waals surface area contributed by atoms with Crippen molar-refractivity contribution in [3.63, 3.8) is 0 Å². The van der Waals surface area contributed by atoms with Gasteiger partial charge in [-0.3, -0.25) is 4.79 Å². The van der Waals surface area contributed by atoms with Crippen molar-refractivity contribution in [2.45, 2.75) is 50.7 Å². The zero-order valence-electron chi connectivity index (χ0n) is 18.5. The fourth-order valence-electron chi connectivity index (χ4n) is 4.42. The number of allylic oxidation sites excluding steroid dienone is 1. The largest absolute Gasteiger partial charge is 0.464 e. The Hall–Kier alpha value is -2.35. The Morgan fingerprint density at radius 1 is 1.06 bits per heavy atom. The second kappa shape index (κ2) is 11.5. The molecule has 1 N–H and O–H groups in total.